The van der Waals surface area contributed by atoms with Gasteiger partial charge in [0, 0.05) is 11.6 Å². The number of thiol groups is 1. The van der Waals surface area contributed by atoms with Crippen LogP contribution in [0.5, 0.6) is 5.75 Å². The van der Waals surface area contributed by atoms with Crippen LogP contribution < -0.4 is 10.1 Å². The van der Waals surface area contributed by atoms with E-state index in [1.807, 2.05) is 19.9 Å². The van der Waals surface area contributed by atoms with Gasteiger partial charge in [0.1, 0.15) is 5.75 Å². The molecule has 1 aromatic carbocycles. The van der Waals surface area contributed by atoms with Crippen molar-refractivity contribution in [3.63, 3.8) is 0 Å². The predicted octanol–water partition coefficient (Wildman–Crippen LogP) is 3.70. The van der Waals surface area contributed by atoms with Crippen molar-refractivity contribution < 1.29 is 4.74 Å². The van der Waals surface area contributed by atoms with Gasteiger partial charge < -0.3 is 10.1 Å². The first-order valence-electron chi connectivity index (χ1n) is 5.30. The highest BCUT2D eigenvalue weighted by molar-refractivity contribution is 7.80. The molecule has 4 heteroatoms. The molecule has 0 unspecified atom stereocenters. The SMILES string of the molecule is COc1cc(C)c(Cl)c(C)c1NCCCS. The third-order valence-electron chi connectivity index (χ3n) is 2.50. The van der Waals surface area contributed by atoms with Gasteiger partial charge in [-0.05, 0) is 43.2 Å². The molecule has 1 aromatic rings. The number of anilines is 1. The molecule has 0 spiro atoms. The van der Waals surface area contributed by atoms with E-state index in [4.69, 9.17) is 16.3 Å². The maximum atomic E-state index is 6.21. The van der Waals surface area contributed by atoms with Gasteiger partial charge in [-0.2, -0.15) is 12.6 Å². The molecule has 1 rings (SSSR count). The fraction of sp³-hybridized carbons (Fsp3) is 0.500. The Morgan fingerprint density at radius 2 is 2.12 bits per heavy atom. The summed E-state index contributed by atoms with van der Waals surface area (Å²) in [5.74, 6) is 1.71. The number of aryl methyl sites for hydroxylation is 1. The molecule has 0 aromatic heterocycles. The minimum absolute atomic E-state index is 0.800. The highest BCUT2D eigenvalue weighted by Crippen LogP contribution is 2.35. The van der Waals surface area contributed by atoms with Crippen molar-refractivity contribution in [3.05, 3.63) is 22.2 Å². The van der Waals surface area contributed by atoms with E-state index >= 15 is 0 Å². The van der Waals surface area contributed by atoms with Crippen LogP contribution in [0, 0.1) is 13.8 Å². The maximum Gasteiger partial charge on any atom is 0.142 e. The van der Waals surface area contributed by atoms with E-state index in [2.05, 4.69) is 17.9 Å². The van der Waals surface area contributed by atoms with Crippen LogP contribution in [0.4, 0.5) is 5.69 Å². The molecule has 90 valence electrons. The Labute approximate surface area is 108 Å². The number of ether oxygens (including phenoxy) is 1. The average molecular weight is 260 g/mol. The Morgan fingerprint density at radius 3 is 2.69 bits per heavy atom. The van der Waals surface area contributed by atoms with Gasteiger partial charge in [-0.15, -0.1) is 0 Å². The summed E-state index contributed by atoms with van der Waals surface area (Å²) >= 11 is 10.4. The first-order chi connectivity index (χ1) is 7.61. The first kappa shape index (κ1) is 13.5. The van der Waals surface area contributed by atoms with Crippen LogP contribution in [-0.4, -0.2) is 19.4 Å². The number of rotatable bonds is 5. The van der Waals surface area contributed by atoms with E-state index in [-0.39, 0.29) is 0 Å². The fourth-order valence-electron chi connectivity index (χ4n) is 1.60. The Hall–Kier alpha value is -0.540. The normalized spacial score (nSPS) is 10.3. The Kier molecular flexibility index (Phi) is 5.29. The summed E-state index contributed by atoms with van der Waals surface area (Å²) in [5.41, 5.74) is 3.06. The molecule has 0 heterocycles. The topological polar surface area (TPSA) is 21.3 Å². The van der Waals surface area contributed by atoms with Crippen molar-refractivity contribution in [2.24, 2.45) is 0 Å². The van der Waals surface area contributed by atoms with Gasteiger partial charge in [0.2, 0.25) is 0 Å². The lowest BCUT2D eigenvalue weighted by atomic mass is 10.1. The molecule has 0 atom stereocenters. The van der Waals surface area contributed by atoms with Crippen LogP contribution in [0.1, 0.15) is 17.5 Å². The summed E-state index contributed by atoms with van der Waals surface area (Å²) in [6, 6.07) is 1.96. The number of hydrogen-bond donors (Lipinski definition) is 2. The highest BCUT2D eigenvalue weighted by atomic mass is 35.5. The van der Waals surface area contributed by atoms with Gasteiger partial charge in [-0.3, -0.25) is 0 Å². The second-order valence-corrected chi connectivity index (χ2v) is 4.54. The van der Waals surface area contributed by atoms with E-state index in [9.17, 15) is 0 Å². The summed E-state index contributed by atoms with van der Waals surface area (Å²) in [4.78, 5) is 0. The van der Waals surface area contributed by atoms with E-state index in [1.165, 1.54) is 0 Å². The third-order valence-corrected chi connectivity index (χ3v) is 3.40. The third kappa shape index (κ3) is 2.98. The molecule has 0 fully saturated rings. The lowest BCUT2D eigenvalue weighted by Gasteiger charge is -2.16. The van der Waals surface area contributed by atoms with Crippen molar-refractivity contribution in [1.29, 1.82) is 0 Å². The second kappa shape index (κ2) is 6.26. The summed E-state index contributed by atoms with van der Waals surface area (Å²) in [6.07, 6.45) is 1.01. The van der Waals surface area contributed by atoms with Crippen molar-refractivity contribution in [2.75, 3.05) is 24.7 Å². The van der Waals surface area contributed by atoms with Crippen molar-refractivity contribution in [2.45, 2.75) is 20.3 Å². The molecule has 1 N–H and O–H groups in total. The summed E-state index contributed by atoms with van der Waals surface area (Å²) in [5, 5.41) is 4.14. The number of nitrogens with one attached hydrogen (secondary N) is 1. The van der Waals surface area contributed by atoms with Crippen LogP contribution in [0.2, 0.25) is 5.02 Å². The number of halogens is 1. The largest absolute Gasteiger partial charge is 0.495 e. The zero-order valence-corrected chi connectivity index (χ0v) is 11.6. The molecule has 0 saturated carbocycles. The summed E-state index contributed by atoms with van der Waals surface area (Å²) in [6.45, 7) is 4.86. The molecule has 16 heavy (non-hydrogen) atoms. The lowest BCUT2D eigenvalue weighted by molar-refractivity contribution is 0.416. The van der Waals surface area contributed by atoms with Crippen LogP contribution in [-0.2, 0) is 0 Å². The molecule has 0 aliphatic carbocycles. The standard InChI is InChI=1S/C12H18ClNOS/c1-8-7-10(15-3)12(9(2)11(8)13)14-5-4-6-16/h7,14,16H,4-6H2,1-3H3. The van der Waals surface area contributed by atoms with Crippen LogP contribution >= 0.6 is 24.2 Å². The maximum absolute atomic E-state index is 6.21. The first-order valence-corrected chi connectivity index (χ1v) is 6.31. The fourth-order valence-corrected chi connectivity index (χ4v) is 1.90. The van der Waals surface area contributed by atoms with E-state index in [1.54, 1.807) is 7.11 Å². The predicted molar refractivity (Wildman–Crippen MR) is 74.4 cm³/mol. The zero-order chi connectivity index (χ0) is 12.1. The molecule has 0 amide bonds. The smallest absolute Gasteiger partial charge is 0.142 e. The minimum Gasteiger partial charge on any atom is -0.495 e. The van der Waals surface area contributed by atoms with Crippen molar-refractivity contribution in [3.8, 4) is 5.75 Å². The van der Waals surface area contributed by atoms with Gasteiger partial charge in [0.15, 0.2) is 0 Å². The molecular weight excluding hydrogens is 242 g/mol. The Balaban J connectivity index is 3.00. The van der Waals surface area contributed by atoms with Crippen LogP contribution in [0.25, 0.3) is 0 Å². The van der Waals surface area contributed by atoms with Crippen LogP contribution in [0.15, 0.2) is 6.07 Å². The van der Waals surface area contributed by atoms with Gasteiger partial charge in [0.25, 0.3) is 0 Å². The Bertz CT molecular complexity index is 369. The van der Waals surface area contributed by atoms with E-state index < -0.39 is 0 Å². The quantitative estimate of drug-likeness (QED) is 0.622. The molecule has 0 aliphatic rings. The van der Waals surface area contributed by atoms with Crippen molar-refractivity contribution >= 4 is 29.9 Å². The second-order valence-electron chi connectivity index (χ2n) is 3.71. The lowest BCUT2D eigenvalue weighted by Crippen LogP contribution is -2.06. The summed E-state index contributed by atoms with van der Waals surface area (Å²) in [7, 11) is 1.67. The number of hydrogen-bond acceptors (Lipinski definition) is 3. The van der Waals surface area contributed by atoms with Crippen molar-refractivity contribution in [1.82, 2.24) is 0 Å². The number of methoxy groups -OCH3 is 1. The van der Waals surface area contributed by atoms with Gasteiger partial charge in [0.05, 0.1) is 12.8 Å². The highest BCUT2D eigenvalue weighted by Gasteiger charge is 2.11. The molecule has 2 nitrogen and oxygen atoms in total. The molecule has 0 aliphatic heterocycles. The van der Waals surface area contributed by atoms with Gasteiger partial charge >= 0.3 is 0 Å². The van der Waals surface area contributed by atoms with E-state index in [0.717, 1.165) is 46.3 Å². The summed E-state index contributed by atoms with van der Waals surface area (Å²) < 4.78 is 5.35. The zero-order valence-electron chi connectivity index (χ0n) is 9.93. The number of benzene rings is 1. The van der Waals surface area contributed by atoms with Gasteiger partial charge in [-0.1, -0.05) is 11.6 Å². The average Bonchev–Trinajstić information content (AvgIpc) is 2.29. The van der Waals surface area contributed by atoms with E-state index in [0.29, 0.717) is 0 Å². The minimum atomic E-state index is 0.800. The molecule has 0 radical (unpaired) electrons. The van der Waals surface area contributed by atoms with Gasteiger partial charge in [-0.25, -0.2) is 0 Å². The monoisotopic (exact) mass is 259 g/mol. The molecule has 0 saturated heterocycles. The Morgan fingerprint density at radius 1 is 1.44 bits per heavy atom. The molecular formula is C12H18ClNOS. The molecule has 0 bridgehead atoms. The van der Waals surface area contributed by atoms with Crippen LogP contribution in [0.3, 0.4) is 0 Å².